The third-order valence-corrected chi connectivity index (χ3v) is 6.61. The van der Waals surface area contributed by atoms with E-state index in [0.29, 0.717) is 16.1 Å². The molecule has 0 aliphatic carbocycles. The van der Waals surface area contributed by atoms with Crippen LogP contribution in [-0.2, 0) is 17.9 Å². The van der Waals surface area contributed by atoms with Crippen LogP contribution in [0.15, 0.2) is 71.8 Å². The van der Waals surface area contributed by atoms with Gasteiger partial charge in [0.15, 0.2) is 0 Å². The van der Waals surface area contributed by atoms with Gasteiger partial charge in [0, 0.05) is 16.1 Å². The van der Waals surface area contributed by atoms with E-state index in [0.717, 1.165) is 38.8 Å². The Morgan fingerprint density at radius 1 is 1.00 bits per heavy atom. The second-order valence-corrected chi connectivity index (χ2v) is 9.35. The molecule has 0 bridgehead atoms. The lowest BCUT2D eigenvalue weighted by Gasteiger charge is -2.12. The van der Waals surface area contributed by atoms with Crippen LogP contribution in [0.25, 0.3) is 21.9 Å². The van der Waals surface area contributed by atoms with Crippen LogP contribution in [0, 0.1) is 20.8 Å². The molecular formula is C28H25ClN4O2. The van der Waals surface area contributed by atoms with Crippen LogP contribution in [0.2, 0.25) is 5.02 Å². The fraction of sp³-hybridized carbons (Fsp3) is 0.179. The van der Waals surface area contributed by atoms with Crippen molar-refractivity contribution in [2.24, 2.45) is 0 Å². The van der Waals surface area contributed by atoms with Crippen LogP contribution in [0.4, 0.5) is 5.69 Å². The Kier molecular flexibility index (Phi) is 5.91. The fourth-order valence-electron chi connectivity index (χ4n) is 4.49. The molecule has 5 rings (SSSR count). The van der Waals surface area contributed by atoms with Gasteiger partial charge >= 0.3 is 0 Å². The monoisotopic (exact) mass is 484 g/mol. The molecule has 3 aromatic carbocycles. The molecule has 2 heterocycles. The smallest absolute Gasteiger partial charge is 0.278 e. The molecule has 0 unspecified atom stereocenters. The van der Waals surface area contributed by atoms with E-state index in [1.54, 1.807) is 17.0 Å². The van der Waals surface area contributed by atoms with E-state index in [1.165, 1.54) is 4.57 Å². The Labute approximate surface area is 207 Å². The molecule has 176 valence electrons. The molecule has 0 fully saturated rings. The molecule has 0 aliphatic rings. The first-order chi connectivity index (χ1) is 16.8. The first kappa shape index (κ1) is 22.9. The van der Waals surface area contributed by atoms with Gasteiger partial charge in [-0.3, -0.25) is 14.2 Å². The predicted molar refractivity (Wildman–Crippen MR) is 141 cm³/mol. The third-order valence-electron chi connectivity index (χ3n) is 6.24. The minimum atomic E-state index is -0.219. The van der Waals surface area contributed by atoms with Crippen molar-refractivity contribution in [2.75, 3.05) is 5.32 Å². The second kappa shape index (κ2) is 9.04. The molecule has 7 heteroatoms. The largest absolute Gasteiger partial charge is 0.325 e. The zero-order valence-corrected chi connectivity index (χ0v) is 20.6. The maximum absolute atomic E-state index is 13.7. The highest BCUT2D eigenvalue weighted by atomic mass is 35.5. The number of aryl methyl sites for hydroxylation is 3. The number of benzene rings is 3. The molecule has 35 heavy (non-hydrogen) atoms. The summed E-state index contributed by atoms with van der Waals surface area (Å²) in [7, 11) is 0. The number of fused-ring (bicyclic) bond motifs is 3. The molecule has 5 aromatic rings. The average Bonchev–Trinajstić information content (AvgIpc) is 3.12. The number of nitrogens with one attached hydrogen (secondary N) is 1. The minimum absolute atomic E-state index is 0.0105. The fourth-order valence-corrected chi connectivity index (χ4v) is 4.68. The lowest BCUT2D eigenvalue weighted by Crippen LogP contribution is -2.25. The maximum atomic E-state index is 13.7. The molecule has 0 spiro atoms. The Morgan fingerprint density at radius 2 is 1.74 bits per heavy atom. The number of carbonyl (C=O) groups excluding carboxylic acids is 1. The van der Waals surface area contributed by atoms with E-state index in [-0.39, 0.29) is 24.6 Å². The Balaban J connectivity index is 1.61. The standard InChI is InChI=1S/C28H25ClN4O2/c1-17-8-10-23(19(3)12-17)31-25(34)15-33-24-11-9-18(2)13-21(24)26-27(33)28(35)32(16-30-26)14-20-6-4-5-7-22(20)29/h4-13,16H,14-15H2,1-3H3,(H,31,34). The first-order valence-electron chi connectivity index (χ1n) is 11.4. The van der Waals surface area contributed by atoms with Gasteiger partial charge in [-0.1, -0.05) is 59.1 Å². The van der Waals surface area contributed by atoms with Gasteiger partial charge in [0.05, 0.1) is 18.4 Å². The van der Waals surface area contributed by atoms with E-state index >= 15 is 0 Å². The molecule has 1 amide bonds. The summed E-state index contributed by atoms with van der Waals surface area (Å²) >= 11 is 6.33. The van der Waals surface area contributed by atoms with Crippen molar-refractivity contribution in [2.45, 2.75) is 33.9 Å². The third kappa shape index (κ3) is 4.33. The van der Waals surface area contributed by atoms with E-state index in [1.807, 2.05) is 75.4 Å². The number of hydrogen-bond donors (Lipinski definition) is 1. The summed E-state index contributed by atoms with van der Waals surface area (Å²) in [6.45, 7) is 6.25. The van der Waals surface area contributed by atoms with Crippen molar-refractivity contribution >= 4 is 45.1 Å². The lowest BCUT2D eigenvalue weighted by molar-refractivity contribution is -0.116. The van der Waals surface area contributed by atoms with Gasteiger partial charge in [0.2, 0.25) is 5.91 Å². The van der Waals surface area contributed by atoms with Crippen molar-refractivity contribution in [3.63, 3.8) is 0 Å². The van der Waals surface area contributed by atoms with Gasteiger partial charge in [-0.15, -0.1) is 0 Å². The Bertz CT molecular complexity index is 1670. The molecule has 0 saturated carbocycles. The van der Waals surface area contributed by atoms with E-state index in [2.05, 4.69) is 10.3 Å². The van der Waals surface area contributed by atoms with Crippen molar-refractivity contribution in [1.29, 1.82) is 0 Å². The number of nitrogens with zero attached hydrogens (tertiary/aromatic N) is 3. The number of aromatic nitrogens is 3. The molecule has 0 aliphatic heterocycles. The second-order valence-electron chi connectivity index (χ2n) is 8.94. The molecule has 0 atom stereocenters. The molecule has 2 aromatic heterocycles. The normalized spacial score (nSPS) is 11.3. The predicted octanol–water partition coefficient (Wildman–Crippen LogP) is 5.62. The Hall–Kier alpha value is -3.90. The zero-order valence-electron chi connectivity index (χ0n) is 19.8. The summed E-state index contributed by atoms with van der Waals surface area (Å²) in [6, 6.07) is 19.2. The van der Waals surface area contributed by atoms with Crippen molar-refractivity contribution < 1.29 is 4.79 Å². The van der Waals surface area contributed by atoms with Gasteiger partial charge in [-0.25, -0.2) is 4.98 Å². The van der Waals surface area contributed by atoms with Crippen molar-refractivity contribution in [3.8, 4) is 0 Å². The highest BCUT2D eigenvalue weighted by Crippen LogP contribution is 2.27. The number of rotatable bonds is 5. The van der Waals surface area contributed by atoms with Gasteiger partial charge in [0.1, 0.15) is 17.6 Å². The number of halogens is 1. The number of anilines is 1. The highest BCUT2D eigenvalue weighted by molar-refractivity contribution is 6.31. The summed E-state index contributed by atoms with van der Waals surface area (Å²) in [5.74, 6) is -0.211. The molecule has 6 nitrogen and oxygen atoms in total. The summed E-state index contributed by atoms with van der Waals surface area (Å²) in [6.07, 6.45) is 1.55. The van der Waals surface area contributed by atoms with Crippen LogP contribution < -0.4 is 10.9 Å². The lowest BCUT2D eigenvalue weighted by atomic mass is 10.1. The summed E-state index contributed by atoms with van der Waals surface area (Å²) in [5, 5.41) is 4.43. The van der Waals surface area contributed by atoms with Crippen molar-refractivity contribution in [3.05, 3.63) is 105 Å². The summed E-state index contributed by atoms with van der Waals surface area (Å²) < 4.78 is 3.30. The van der Waals surface area contributed by atoms with Gasteiger partial charge in [-0.05, 0) is 56.2 Å². The van der Waals surface area contributed by atoms with Crippen LogP contribution in [0.1, 0.15) is 22.3 Å². The van der Waals surface area contributed by atoms with Crippen LogP contribution in [0.3, 0.4) is 0 Å². The number of amides is 1. The van der Waals surface area contributed by atoms with E-state index in [9.17, 15) is 9.59 Å². The molecule has 1 N–H and O–H groups in total. The van der Waals surface area contributed by atoms with Gasteiger partial charge < -0.3 is 9.88 Å². The van der Waals surface area contributed by atoms with Crippen molar-refractivity contribution in [1.82, 2.24) is 14.1 Å². The highest BCUT2D eigenvalue weighted by Gasteiger charge is 2.19. The minimum Gasteiger partial charge on any atom is -0.325 e. The quantitative estimate of drug-likeness (QED) is 0.352. The Morgan fingerprint density at radius 3 is 2.51 bits per heavy atom. The SMILES string of the molecule is Cc1ccc(NC(=O)Cn2c3ccc(C)cc3c3ncn(Cc4ccccc4Cl)c(=O)c32)c(C)c1. The first-order valence-corrected chi connectivity index (χ1v) is 11.8. The van der Waals surface area contributed by atoms with Gasteiger partial charge in [0.25, 0.3) is 5.56 Å². The van der Waals surface area contributed by atoms with E-state index in [4.69, 9.17) is 11.6 Å². The molecule has 0 radical (unpaired) electrons. The average molecular weight is 485 g/mol. The molecular weight excluding hydrogens is 460 g/mol. The molecule has 0 saturated heterocycles. The maximum Gasteiger partial charge on any atom is 0.278 e. The van der Waals surface area contributed by atoms with Crippen LogP contribution in [0.5, 0.6) is 0 Å². The summed E-state index contributed by atoms with van der Waals surface area (Å²) in [4.78, 5) is 31.4. The summed E-state index contributed by atoms with van der Waals surface area (Å²) in [5.41, 5.74) is 6.31. The van der Waals surface area contributed by atoms with Crippen LogP contribution >= 0.6 is 11.6 Å². The van der Waals surface area contributed by atoms with Gasteiger partial charge in [-0.2, -0.15) is 0 Å². The number of carbonyl (C=O) groups is 1. The number of hydrogen-bond acceptors (Lipinski definition) is 3. The van der Waals surface area contributed by atoms with E-state index < -0.39 is 0 Å². The zero-order chi connectivity index (χ0) is 24.7. The topological polar surface area (TPSA) is 68.9 Å². The van der Waals surface area contributed by atoms with Crippen LogP contribution in [-0.4, -0.2) is 20.0 Å².